The normalized spacial score (nSPS) is 12.8. The fourth-order valence-electron chi connectivity index (χ4n) is 10.8. The Morgan fingerprint density at radius 2 is 0.443 bits per heavy atom. The van der Waals surface area contributed by atoms with E-state index in [2.05, 4.69) is 60.4 Å². The van der Waals surface area contributed by atoms with Gasteiger partial charge in [-0.15, -0.1) is 0 Å². The van der Waals surface area contributed by atoms with Crippen molar-refractivity contribution >= 4 is 58.5 Å². The van der Waals surface area contributed by atoms with Crippen LogP contribution < -0.4 is 0 Å². The van der Waals surface area contributed by atoms with Gasteiger partial charge in [-0.2, -0.15) is 0 Å². The Morgan fingerprint density at radius 1 is 0.278 bits per heavy atom. The van der Waals surface area contributed by atoms with E-state index >= 15 is 0 Å². The topological polar surface area (TPSA) is 133 Å². The van der Waals surface area contributed by atoms with Crippen molar-refractivity contribution in [2.24, 2.45) is 11.8 Å². The van der Waals surface area contributed by atoms with Gasteiger partial charge >= 0.3 is 37.7 Å². The van der Waals surface area contributed by atoms with E-state index < -0.39 is 20.8 Å². The summed E-state index contributed by atoms with van der Waals surface area (Å²) in [5.74, 6) is 0.0353. The first-order valence-corrected chi connectivity index (χ1v) is 37.2. The molecule has 0 rings (SSSR count). The molecule has 0 aromatic rings. The Bertz CT molecular complexity index is 1320. The van der Waals surface area contributed by atoms with Crippen molar-refractivity contribution in [2.45, 2.75) is 387 Å². The Labute approximate surface area is 525 Å². The van der Waals surface area contributed by atoms with E-state index in [0.717, 1.165) is 38.5 Å². The first kappa shape index (κ1) is 83.7. The molecule has 79 heavy (non-hydrogen) atoms. The van der Waals surface area contributed by atoms with Crippen LogP contribution >= 0.6 is 0 Å². The minimum Gasteiger partial charge on any atom is -0.726 e. The third kappa shape index (κ3) is 78.5. The molecule has 0 heterocycles. The molecule has 2 atom stereocenters. The molecule has 0 saturated heterocycles. The zero-order valence-corrected chi connectivity index (χ0v) is 57.1. The minimum absolute atomic E-state index is 0. The molecule has 468 valence electrons. The molecule has 0 aromatic carbocycles. The van der Waals surface area contributed by atoms with Gasteiger partial charge in [0.1, 0.15) is 0 Å². The van der Waals surface area contributed by atoms with Crippen LogP contribution in [0.2, 0.25) is 0 Å². The van der Waals surface area contributed by atoms with Gasteiger partial charge in [0.05, 0.1) is 13.2 Å². The van der Waals surface area contributed by atoms with Crippen molar-refractivity contribution in [1.82, 2.24) is 0 Å². The quantitative estimate of drug-likeness (QED) is 0.0193. The van der Waals surface area contributed by atoms with Crippen LogP contribution in [0.25, 0.3) is 0 Å². The van der Waals surface area contributed by atoms with Crippen molar-refractivity contribution in [3.63, 3.8) is 0 Å². The van der Waals surface area contributed by atoms with Crippen LogP contribution in [0.3, 0.4) is 0 Å². The molecule has 0 fully saturated rings. The Hall–Kier alpha value is 0.480. The number of hydrogen-bond acceptors (Lipinski definition) is 8. The summed E-state index contributed by atoms with van der Waals surface area (Å²) in [6.45, 7) is 9.02. The molecule has 0 spiro atoms. The van der Waals surface area contributed by atoms with E-state index in [1.165, 1.54) is 321 Å². The van der Waals surface area contributed by atoms with Crippen LogP contribution in [0.4, 0.5) is 0 Å². The number of rotatable bonds is 64. The van der Waals surface area contributed by atoms with E-state index in [9.17, 15) is 25.9 Å². The Kier molecular flexibility index (Phi) is 73.4. The average Bonchev–Trinajstić information content (AvgIpc) is 3.41. The number of hydrogen-bond donors (Lipinski definition) is 0. The maximum Gasteiger partial charge on any atom is 2.00 e. The van der Waals surface area contributed by atoms with Crippen LogP contribution in [-0.2, 0) is 29.2 Å². The first-order valence-electron chi connectivity index (χ1n) is 34.5. The summed E-state index contributed by atoms with van der Waals surface area (Å²) in [4.78, 5) is 0. The first-order chi connectivity index (χ1) is 38.0. The van der Waals surface area contributed by atoms with E-state index in [0.29, 0.717) is 0 Å². The largest absolute Gasteiger partial charge is 2.00 e. The molecule has 0 aliphatic carbocycles. The molecule has 11 heteroatoms. The van der Waals surface area contributed by atoms with Gasteiger partial charge < -0.3 is 9.11 Å². The van der Waals surface area contributed by atoms with Gasteiger partial charge in [-0.25, -0.2) is 16.8 Å². The van der Waals surface area contributed by atoms with E-state index in [1.807, 2.05) is 0 Å². The maximum atomic E-state index is 10.9. The summed E-state index contributed by atoms with van der Waals surface area (Å²) in [6, 6.07) is 0. The molecule has 0 saturated carbocycles. The molecule has 8 nitrogen and oxygen atoms in total. The van der Waals surface area contributed by atoms with Gasteiger partial charge in [-0.1, -0.05) is 373 Å². The SMILES string of the molecule is CCCCCCCCCCCCCCCCCCC/C=C/C(CCCCCCCCCCC)COS(=O)(=O)[O-].CCCCCCCCCCCCCCCCCCC/C=C/C(CCCCCCCCCCC)COS(=O)(=O)[O-].[Ca+2]. The molecular formula is C68H134CaO8S2. The molecule has 0 aliphatic heterocycles. The number of allylic oxidation sites excluding steroid dienone is 2. The van der Waals surface area contributed by atoms with E-state index in [1.54, 1.807) is 0 Å². The summed E-state index contributed by atoms with van der Waals surface area (Å²) in [7, 11) is -9.23. The molecule has 0 bridgehead atoms. The van der Waals surface area contributed by atoms with Crippen molar-refractivity contribution in [1.29, 1.82) is 0 Å². The summed E-state index contributed by atoms with van der Waals surface area (Å²) >= 11 is 0. The van der Waals surface area contributed by atoms with Gasteiger partial charge in [0.15, 0.2) is 0 Å². The standard InChI is InChI=1S/2C34H68O4S.Ca/c2*1-3-5-7-9-11-13-14-15-16-17-18-19-20-21-22-24-26-28-30-32-34(33-38-39(35,36)37)31-29-27-25-23-12-10-8-6-4-2;/h2*30,32,34H,3-29,31,33H2,1-2H3,(H,35,36,37);/q;;+2/p-2/b2*32-30+;. The summed E-state index contributed by atoms with van der Waals surface area (Å²) in [5.41, 5.74) is 0. The predicted octanol–water partition coefficient (Wildman–Crippen LogP) is 22.8. The van der Waals surface area contributed by atoms with Crippen LogP contribution in [0.15, 0.2) is 24.3 Å². The molecule has 0 amide bonds. The predicted molar refractivity (Wildman–Crippen MR) is 344 cm³/mol. The van der Waals surface area contributed by atoms with Gasteiger partial charge in [-0.05, 0) is 38.5 Å². The zero-order valence-electron chi connectivity index (χ0n) is 53.3. The fourth-order valence-corrected chi connectivity index (χ4v) is 11.5. The summed E-state index contributed by atoms with van der Waals surface area (Å²) in [6.07, 6.45) is 82.1. The number of unbranched alkanes of at least 4 members (excludes halogenated alkanes) is 50. The van der Waals surface area contributed by atoms with E-state index in [4.69, 9.17) is 0 Å². The molecule has 0 radical (unpaired) electrons. The second kappa shape index (κ2) is 69.3. The van der Waals surface area contributed by atoms with Crippen molar-refractivity contribution in [3.8, 4) is 0 Å². The third-order valence-electron chi connectivity index (χ3n) is 16.0. The van der Waals surface area contributed by atoms with Crippen LogP contribution in [-0.4, -0.2) is 76.9 Å². The van der Waals surface area contributed by atoms with Crippen molar-refractivity contribution in [2.75, 3.05) is 13.2 Å². The molecular weight excluding hydrogens is 1050 g/mol. The van der Waals surface area contributed by atoms with Gasteiger partial charge in [-0.3, -0.25) is 8.37 Å². The smallest absolute Gasteiger partial charge is 0.726 e. The van der Waals surface area contributed by atoms with Crippen molar-refractivity contribution in [3.05, 3.63) is 24.3 Å². The molecule has 0 N–H and O–H groups in total. The Morgan fingerprint density at radius 3 is 0.620 bits per heavy atom. The Balaban J connectivity index is -0.00000144. The zero-order chi connectivity index (χ0) is 57.4. The molecule has 0 aliphatic rings. The van der Waals surface area contributed by atoms with Gasteiger partial charge in [0.25, 0.3) is 0 Å². The second-order valence-corrected chi connectivity index (χ2v) is 26.0. The average molecular weight is 1180 g/mol. The third-order valence-corrected chi connectivity index (χ3v) is 16.8. The fraction of sp³-hybridized carbons (Fsp3) is 0.941. The maximum absolute atomic E-state index is 10.9. The molecule has 2 unspecified atom stereocenters. The summed E-state index contributed by atoms with van der Waals surface area (Å²) < 4.78 is 74.6. The van der Waals surface area contributed by atoms with Crippen LogP contribution in [0, 0.1) is 11.8 Å². The summed E-state index contributed by atoms with van der Waals surface area (Å²) in [5, 5.41) is 0. The monoisotopic (exact) mass is 1180 g/mol. The minimum atomic E-state index is -4.62. The van der Waals surface area contributed by atoms with Gasteiger partial charge in [0, 0.05) is 11.8 Å². The van der Waals surface area contributed by atoms with Crippen LogP contribution in [0.5, 0.6) is 0 Å². The van der Waals surface area contributed by atoms with Crippen LogP contribution in [0.1, 0.15) is 387 Å². The van der Waals surface area contributed by atoms with Crippen molar-refractivity contribution < 1.29 is 34.3 Å². The van der Waals surface area contributed by atoms with Gasteiger partial charge in [0.2, 0.25) is 20.8 Å². The van der Waals surface area contributed by atoms with E-state index in [-0.39, 0.29) is 62.8 Å². The molecule has 0 aromatic heterocycles. The second-order valence-electron chi connectivity index (χ2n) is 23.9.